The molecular formula is C20H17N7O2S. The van der Waals surface area contributed by atoms with Crippen LogP contribution in [0.3, 0.4) is 0 Å². The highest BCUT2D eigenvalue weighted by Crippen LogP contribution is 2.34. The highest BCUT2D eigenvalue weighted by Gasteiger charge is 2.15. The zero-order chi connectivity index (χ0) is 20.9. The van der Waals surface area contributed by atoms with E-state index in [4.69, 9.17) is 10.7 Å². The number of amides is 2. The lowest BCUT2D eigenvalue weighted by Gasteiger charge is -2.12. The fourth-order valence-corrected chi connectivity index (χ4v) is 3.37. The molecule has 4 aromatic rings. The first kappa shape index (κ1) is 19.4. The molecule has 0 aliphatic rings. The molecule has 0 bridgehead atoms. The Morgan fingerprint density at radius 1 is 1.00 bits per heavy atom. The Kier molecular flexibility index (Phi) is 5.57. The molecule has 0 atom stereocenters. The minimum Gasteiger partial charge on any atom is -0.383 e. The quantitative estimate of drug-likeness (QED) is 0.411. The monoisotopic (exact) mass is 419 g/mol. The summed E-state index contributed by atoms with van der Waals surface area (Å²) in [7, 11) is 0. The Balaban J connectivity index is 1.58. The van der Waals surface area contributed by atoms with Gasteiger partial charge in [-0.05, 0) is 42.7 Å². The van der Waals surface area contributed by atoms with Gasteiger partial charge in [0.15, 0.2) is 11.6 Å². The summed E-state index contributed by atoms with van der Waals surface area (Å²) in [5.41, 5.74) is 9.23. The molecule has 4 N–H and O–H groups in total. The number of thioether (sulfide) groups is 1. The third kappa shape index (κ3) is 4.23. The number of pyridine rings is 1. The maximum atomic E-state index is 12.0. The molecule has 0 unspecified atom stereocenters. The molecule has 3 heterocycles. The second-order valence-electron chi connectivity index (χ2n) is 6.09. The molecular weight excluding hydrogens is 402 g/mol. The third-order valence-electron chi connectivity index (χ3n) is 4.13. The summed E-state index contributed by atoms with van der Waals surface area (Å²) < 4.78 is 4.68. The minimum atomic E-state index is -0.429. The predicted molar refractivity (Wildman–Crippen MR) is 116 cm³/mol. The molecule has 0 aliphatic carbocycles. The zero-order valence-electron chi connectivity index (χ0n) is 15.9. The number of benzene rings is 1. The van der Waals surface area contributed by atoms with E-state index in [1.165, 1.54) is 18.0 Å². The first-order chi connectivity index (χ1) is 14.6. The Morgan fingerprint density at radius 3 is 2.43 bits per heavy atom. The summed E-state index contributed by atoms with van der Waals surface area (Å²) in [4.78, 5) is 26.0. The van der Waals surface area contributed by atoms with Crippen LogP contribution in [-0.4, -0.2) is 32.4 Å². The SMILES string of the molecule is CSc1c(N)nc(-c2ccc(NC(=O)Nc3ccon3)cc2)nc1-c1ccncc1. The van der Waals surface area contributed by atoms with Crippen LogP contribution in [0.2, 0.25) is 0 Å². The molecule has 9 nitrogen and oxygen atoms in total. The van der Waals surface area contributed by atoms with Crippen LogP contribution in [0.4, 0.5) is 22.1 Å². The van der Waals surface area contributed by atoms with E-state index < -0.39 is 6.03 Å². The normalized spacial score (nSPS) is 10.6. The Labute approximate surface area is 176 Å². The maximum Gasteiger partial charge on any atom is 0.324 e. The standard InChI is InChI=1S/C20H17N7O2S/c1-30-17-16(12-6-9-22-10-7-12)25-19(26-18(17)21)13-2-4-14(5-3-13)23-20(28)24-15-8-11-29-27-15/h2-11H,1H3,(H2,21,25,26)(H2,23,24,27,28). The fraction of sp³-hybridized carbons (Fsp3) is 0.0500. The molecule has 3 aromatic heterocycles. The minimum absolute atomic E-state index is 0.325. The fourth-order valence-electron chi connectivity index (χ4n) is 2.76. The number of rotatable bonds is 5. The predicted octanol–water partition coefficient (Wildman–Crippen LogP) is 4.14. The molecule has 0 radical (unpaired) electrons. The van der Waals surface area contributed by atoms with Gasteiger partial charge in [0.05, 0.1) is 10.6 Å². The maximum absolute atomic E-state index is 12.0. The number of carbonyl (C=O) groups is 1. The number of hydrogen-bond acceptors (Lipinski definition) is 8. The van der Waals surface area contributed by atoms with E-state index in [1.807, 2.05) is 30.5 Å². The van der Waals surface area contributed by atoms with Crippen LogP contribution in [0.5, 0.6) is 0 Å². The lowest BCUT2D eigenvalue weighted by Crippen LogP contribution is -2.19. The van der Waals surface area contributed by atoms with Crippen molar-refractivity contribution < 1.29 is 9.32 Å². The molecule has 0 spiro atoms. The number of aromatic nitrogens is 4. The molecule has 10 heteroatoms. The van der Waals surface area contributed by atoms with Gasteiger partial charge in [-0.15, -0.1) is 11.8 Å². The van der Waals surface area contributed by atoms with Gasteiger partial charge in [-0.3, -0.25) is 10.3 Å². The molecule has 0 fully saturated rings. The zero-order valence-corrected chi connectivity index (χ0v) is 16.7. The van der Waals surface area contributed by atoms with Crippen molar-refractivity contribution in [3.05, 3.63) is 61.1 Å². The number of carbonyl (C=O) groups excluding carboxylic acids is 1. The van der Waals surface area contributed by atoms with E-state index in [-0.39, 0.29) is 0 Å². The Bertz CT molecular complexity index is 1150. The number of urea groups is 1. The number of nitrogens with one attached hydrogen (secondary N) is 2. The Hall–Kier alpha value is -3.92. The first-order valence-corrected chi connectivity index (χ1v) is 10.1. The van der Waals surface area contributed by atoms with E-state index >= 15 is 0 Å². The van der Waals surface area contributed by atoms with Crippen LogP contribution in [0, 0.1) is 0 Å². The number of hydrogen-bond donors (Lipinski definition) is 3. The van der Waals surface area contributed by atoms with Gasteiger partial charge >= 0.3 is 6.03 Å². The van der Waals surface area contributed by atoms with Gasteiger partial charge in [-0.2, -0.15) is 0 Å². The second-order valence-corrected chi connectivity index (χ2v) is 6.91. The Morgan fingerprint density at radius 2 is 1.77 bits per heavy atom. The lowest BCUT2D eigenvalue weighted by molar-refractivity contribution is 0.262. The average molecular weight is 419 g/mol. The van der Waals surface area contributed by atoms with Crippen molar-refractivity contribution in [2.45, 2.75) is 4.90 Å². The van der Waals surface area contributed by atoms with Crippen LogP contribution >= 0.6 is 11.8 Å². The molecule has 150 valence electrons. The number of nitrogen functional groups attached to an aromatic ring is 1. The number of anilines is 3. The van der Waals surface area contributed by atoms with Crippen molar-refractivity contribution in [3.63, 3.8) is 0 Å². The van der Waals surface area contributed by atoms with Gasteiger partial charge < -0.3 is 15.6 Å². The van der Waals surface area contributed by atoms with E-state index in [0.717, 1.165) is 21.7 Å². The van der Waals surface area contributed by atoms with Crippen molar-refractivity contribution >= 4 is 35.1 Å². The largest absolute Gasteiger partial charge is 0.383 e. The van der Waals surface area contributed by atoms with Gasteiger partial charge in [0.1, 0.15) is 12.1 Å². The number of nitrogens with two attached hydrogens (primary N) is 1. The van der Waals surface area contributed by atoms with E-state index in [2.05, 4.69) is 30.3 Å². The number of nitrogens with zero attached hydrogens (tertiary/aromatic N) is 4. The van der Waals surface area contributed by atoms with Crippen LogP contribution in [0.1, 0.15) is 0 Å². The third-order valence-corrected chi connectivity index (χ3v) is 4.94. The van der Waals surface area contributed by atoms with Crippen LogP contribution in [-0.2, 0) is 0 Å². The molecule has 1 aromatic carbocycles. The summed E-state index contributed by atoms with van der Waals surface area (Å²) in [5, 5.41) is 8.90. The summed E-state index contributed by atoms with van der Waals surface area (Å²) >= 11 is 1.49. The summed E-state index contributed by atoms with van der Waals surface area (Å²) in [6, 6.07) is 12.0. The molecule has 2 amide bonds. The van der Waals surface area contributed by atoms with Crippen molar-refractivity contribution in [1.29, 1.82) is 0 Å². The lowest BCUT2D eigenvalue weighted by atomic mass is 10.1. The topological polar surface area (TPSA) is 132 Å². The smallest absolute Gasteiger partial charge is 0.324 e. The van der Waals surface area contributed by atoms with Gasteiger partial charge in [-0.25, -0.2) is 14.8 Å². The van der Waals surface area contributed by atoms with E-state index in [0.29, 0.717) is 23.1 Å². The molecule has 0 aliphatic heterocycles. The first-order valence-electron chi connectivity index (χ1n) is 8.85. The van der Waals surface area contributed by atoms with Crippen molar-refractivity contribution in [3.8, 4) is 22.6 Å². The van der Waals surface area contributed by atoms with Crippen LogP contribution in [0.15, 0.2) is 70.5 Å². The summed E-state index contributed by atoms with van der Waals surface area (Å²) in [5.74, 6) is 1.23. The molecule has 4 rings (SSSR count). The second kappa shape index (κ2) is 8.62. The van der Waals surface area contributed by atoms with Gasteiger partial charge in [0, 0.05) is 35.3 Å². The van der Waals surface area contributed by atoms with Gasteiger partial charge in [0.2, 0.25) is 0 Å². The summed E-state index contributed by atoms with van der Waals surface area (Å²) in [6.45, 7) is 0. The van der Waals surface area contributed by atoms with Crippen molar-refractivity contribution in [2.75, 3.05) is 22.6 Å². The van der Waals surface area contributed by atoms with Crippen LogP contribution < -0.4 is 16.4 Å². The van der Waals surface area contributed by atoms with Gasteiger partial charge in [0.25, 0.3) is 0 Å². The highest BCUT2D eigenvalue weighted by molar-refractivity contribution is 7.98. The van der Waals surface area contributed by atoms with E-state index in [1.54, 1.807) is 30.6 Å². The van der Waals surface area contributed by atoms with Crippen molar-refractivity contribution in [2.24, 2.45) is 0 Å². The molecule has 0 saturated carbocycles. The van der Waals surface area contributed by atoms with E-state index in [9.17, 15) is 4.79 Å². The van der Waals surface area contributed by atoms with Gasteiger partial charge in [-0.1, -0.05) is 5.16 Å². The average Bonchev–Trinajstić information content (AvgIpc) is 3.27. The van der Waals surface area contributed by atoms with Crippen molar-refractivity contribution in [1.82, 2.24) is 20.1 Å². The summed E-state index contributed by atoms with van der Waals surface area (Å²) in [6.07, 6.45) is 6.73. The van der Waals surface area contributed by atoms with Crippen LogP contribution in [0.25, 0.3) is 22.6 Å². The molecule has 30 heavy (non-hydrogen) atoms. The molecule has 0 saturated heterocycles. The highest BCUT2D eigenvalue weighted by atomic mass is 32.2.